The first kappa shape index (κ1) is 13.1. The first-order chi connectivity index (χ1) is 9.67. The molecule has 1 aliphatic heterocycles. The van der Waals surface area contributed by atoms with E-state index < -0.39 is 0 Å². The zero-order valence-corrected chi connectivity index (χ0v) is 11.8. The van der Waals surface area contributed by atoms with E-state index in [0.29, 0.717) is 30.4 Å². The van der Waals surface area contributed by atoms with Crippen LogP contribution in [0.2, 0.25) is 5.15 Å². The zero-order valence-electron chi connectivity index (χ0n) is 11.1. The second kappa shape index (κ2) is 5.20. The van der Waals surface area contributed by atoms with Crippen LogP contribution in [0.4, 0.5) is 0 Å². The van der Waals surface area contributed by atoms with E-state index in [9.17, 15) is 4.79 Å². The lowest BCUT2D eigenvalue weighted by molar-refractivity contribution is 0.0707. The first-order valence-electron chi connectivity index (χ1n) is 6.50. The van der Waals surface area contributed by atoms with Gasteiger partial charge >= 0.3 is 0 Å². The molecule has 104 valence electrons. The number of halogens is 1. The lowest BCUT2D eigenvalue weighted by atomic mass is 10.1. The highest BCUT2D eigenvalue weighted by atomic mass is 35.5. The standard InChI is InChI=1S/C13H14ClN5O/c1-2-10-5-9(6-11(14)16-10)13(20)18-3-4-19-8-15-17-12(19)7-18/h5-6,8H,2-4,7H2,1H3. The van der Waals surface area contributed by atoms with Gasteiger partial charge in [0.05, 0.1) is 6.54 Å². The van der Waals surface area contributed by atoms with Crippen LogP contribution in [0.5, 0.6) is 0 Å². The molecule has 0 bridgehead atoms. The number of pyridine rings is 1. The molecule has 3 heterocycles. The Bertz CT molecular complexity index is 654. The summed E-state index contributed by atoms with van der Waals surface area (Å²) in [5, 5.41) is 8.23. The van der Waals surface area contributed by atoms with Gasteiger partial charge in [0, 0.05) is 24.3 Å². The number of hydrogen-bond acceptors (Lipinski definition) is 4. The third-order valence-electron chi connectivity index (χ3n) is 3.38. The van der Waals surface area contributed by atoms with E-state index in [1.54, 1.807) is 23.4 Å². The van der Waals surface area contributed by atoms with Crippen LogP contribution in [0, 0.1) is 0 Å². The summed E-state index contributed by atoms with van der Waals surface area (Å²) in [7, 11) is 0. The van der Waals surface area contributed by atoms with Crippen molar-refractivity contribution in [2.75, 3.05) is 6.54 Å². The van der Waals surface area contributed by atoms with E-state index in [1.165, 1.54) is 0 Å². The van der Waals surface area contributed by atoms with Gasteiger partial charge in [-0.25, -0.2) is 4.98 Å². The molecular formula is C13H14ClN5O. The molecule has 6 nitrogen and oxygen atoms in total. The minimum absolute atomic E-state index is 0.0433. The van der Waals surface area contributed by atoms with Crippen molar-refractivity contribution in [3.05, 3.63) is 40.7 Å². The highest BCUT2D eigenvalue weighted by Gasteiger charge is 2.23. The van der Waals surface area contributed by atoms with Crippen molar-refractivity contribution in [2.24, 2.45) is 0 Å². The molecule has 2 aromatic heterocycles. The van der Waals surface area contributed by atoms with E-state index in [-0.39, 0.29) is 5.91 Å². The van der Waals surface area contributed by atoms with Crippen molar-refractivity contribution < 1.29 is 4.79 Å². The molecule has 0 radical (unpaired) electrons. The average molecular weight is 292 g/mol. The molecule has 0 unspecified atom stereocenters. The van der Waals surface area contributed by atoms with Gasteiger partial charge in [0.15, 0.2) is 5.82 Å². The van der Waals surface area contributed by atoms with Crippen LogP contribution in [0.25, 0.3) is 0 Å². The van der Waals surface area contributed by atoms with Crippen molar-refractivity contribution in [3.8, 4) is 0 Å². The van der Waals surface area contributed by atoms with E-state index in [2.05, 4.69) is 15.2 Å². The van der Waals surface area contributed by atoms with Gasteiger partial charge in [-0.3, -0.25) is 4.79 Å². The van der Waals surface area contributed by atoms with Crippen molar-refractivity contribution >= 4 is 17.5 Å². The Labute approximate surface area is 121 Å². The van der Waals surface area contributed by atoms with Crippen LogP contribution in [-0.2, 0) is 19.5 Å². The number of hydrogen-bond donors (Lipinski definition) is 0. The number of aryl methyl sites for hydroxylation is 1. The molecule has 20 heavy (non-hydrogen) atoms. The summed E-state index contributed by atoms with van der Waals surface area (Å²) in [5.74, 6) is 0.763. The molecule has 3 rings (SSSR count). The Balaban J connectivity index is 1.85. The van der Waals surface area contributed by atoms with Gasteiger partial charge < -0.3 is 9.47 Å². The van der Waals surface area contributed by atoms with E-state index in [0.717, 1.165) is 17.9 Å². The normalized spacial score (nSPS) is 14.2. The highest BCUT2D eigenvalue weighted by Crippen LogP contribution is 2.17. The number of amides is 1. The van der Waals surface area contributed by atoms with Crippen LogP contribution in [0.1, 0.15) is 28.8 Å². The molecule has 1 amide bonds. The van der Waals surface area contributed by atoms with E-state index in [1.807, 2.05) is 11.5 Å². The van der Waals surface area contributed by atoms with Gasteiger partial charge in [-0.1, -0.05) is 18.5 Å². The summed E-state index contributed by atoms with van der Waals surface area (Å²) in [6.45, 7) is 3.81. The molecule has 1 aliphatic rings. The molecule has 0 N–H and O–H groups in total. The van der Waals surface area contributed by atoms with Crippen LogP contribution >= 0.6 is 11.6 Å². The maximum atomic E-state index is 12.5. The smallest absolute Gasteiger partial charge is 0.254 e. The average Bonchev–Trinajstić information content (AvgIpc) is 2.93. The molecule has 0 atom stereocenters. The highest BCUT2D eigenvalue weighted by molar-refractivity contribution is 6.29. The molecule has 2 aromatic rings. The summed E-state index contributed by atoms with van der Waals surface area (Å²) >= 11 is 5.97. The maximum Gasteiger partial charge on any atom is 0.254 e. The first-order valence-corrected chi connectivity index (χ1v) is 6.87. The van der Waals surface area contributed by atoms with Crippen molar-refractivity contribution in [1.82, 2.24) is 24.6 Å². The van der Waals surface area contributed by atoms with E-state index in [4.69, 9.17) is 11.6 Å². The number of aromatic nitrogens is 4. The van der Waals surface area contributed by atoms with Crippen LogP contribution in [0.3, 0.4) is 0 Å². The zero-order chi connectivity index (χ0) is 14.1. The number of fused-ring (bicyclic) bond motifs is 1. The maximum absolute atomic E-state index is 12.5. The summed E-state index contributed by atoms with van der Waals surface area (Å²) in [6, 6.07) is 3.41. The fourth-order valence-corrected chi connectivity index (χ4v) is 2.50. The number of nitrogens with zero attached hydrogens (tertiary/aromatic N) is 5. The van der Waals surface area contributed by atoms with Gasteiger partial charge in [0.1, 0.15) is 11.5 Å². The quantitative estimate of drug-likeness (QED) is 0.788. The number of rotatable bonds is 2. The van der Waals surface area contributed by atoms with Crippen molar-refractivity contribution in [2.45, 2.75) is 26.4 Å². The Morgan fingerprint density at radius 3 is 3.05 bits per heavy atom. The van der Waals surface area contributed by atoms with Gasteiger partial charge in [-0.15, -0.1) is 10.2 Å². The van der Waals surface area contributed by atoms with Crippen molar-refractivity contribution in [3.63, 3.8) is 0 Å². The second-order valence-corrected chi connectivity index (χ2v) is 5.08. The lowest BCUT2D eigenvalue weighted by Gasteiger charge is -2.27. The predicted molar refractivity (Wildman–Crippen MR) is 73.4 cm³/mol. The third-order valence-corrected chi connectivity index (χ3v) is 3.58. The Kier molecular flexibility index (Phi) is 3.40. The summed E-state index contributed by atoms with van der Waals surface area (Å²) in [4.78, 5) is 18.5. The molecule has 0 saturated heterocycles. The molecule has 0 aromatic carbocycles. The third kappa shape index (κ3) is 2.38. The Morgan fingerprint density at radius 1 is 1.40 bits per heavy atom. The van der Waals surface area contributed by atoms with Gasteiger partial charge in [0.25, 0.3) is 5.91 Å². The van der Waals surface area contributed by atoms with Crippen molar-refractivity contribution in [1.29, 1.82) is 0 Å². The fraction of sp³-hybridized carbons (Fsp3) is 0.385. The minimum Gasteiger partial charge on any atom is -0.329 e. The summed E-state index contributed by atoms with van der Waals surface area (Å²) < 4.78 is 1.96. The Morgan fingerprint density at radius 2 is 2.25 bits per heavy atom. The van der Waals surface area contributed by atoms with Crippen LogP contribution in [-0.4, -0.2) is 37.1 Å². The summed E-state index contributed by atoms with van der Waals surface area (Å²) in [5.41, 5.74) is 1.40. The largest absolute Gasteiger partial charge is 0.329 e. The van der Waals surface area contributed by atoms with Crippen LogP contribution in [0.15, 0.2) is 18.5 Å². The molecule has 0 saturated carbocycles. The molecule has 0 aliphatic carbocycles. The van der Waals surface area contributed by atoms with Gasteiger partial charge in [-0.05, 0) is 18.6 Å². The topological polar surface area (TPSA) is 63.9 Å². The molecular weight excluding hydrogens is 278 g/mol. The van der Waals surface area contributed by atoms with Gasteiger partial charge in [0.2, 0.25) is 0 Å². The second-order valence-electron chi connectivity index (χ2n) is 4.69. The Hall–Kier alpha value is -1.95. The minimum atomic E-state index is -0.0433. The molecule has 0 spiro atoms. The molecule has 0 fully saturated rings. The summed E-state index contributed by atoms with van der Waals surface area (Å²) in [6.07, 6.45) is 2.44. The monoisotopic (exact) mass is 291 g/mol. The molecule has 7 heteroatoms. The van der Waals surface area contributed by atoms with E-state index >= 15 is 0 Å². The fourth-order valence-electron chi connectivity index (χ4n) is 2.28. The number of carbonyl (C=O) groups excluding carboxylic acids is 1. The number of carbonyl (C=O) groups is 1. The van der Waals surface area contributed by atoms with Crippen LogP contribution < -0.4 is 0 Å². The lowest BCUT2D eigenvalue weighted by Crippen LogP contribution is -2.38. The SMILES string of the molecule is CCc1cc(C(=O)N2CCn3cnnc3C2)cc(Cl)n1. The predicted octanol–water partition coefficient (Wildman–Crippen LogP) is 1.54. The van der Waals surface area contributed by atoms with Gasteiger partial charge in [-0.2, -0.15) is 0 Å².